The van der Waals surface area contributed by atoms with Gasteiger partial charge in [0.15, 0.2) is 5.65 Å². The lowest BCUT2D eigenvalue weighted by Gasteiger charge is -2.07. The fourth-order valence-corrected chi connectivity index (χ4v) is 2.05. The number of H-pyrrole nitrogens is 1. The molecular formula is C9H9F3N4OS. The molecule has 0 unspecified atom stereocenters. The van der Waals surface area contributed by atoms with Gasteiger partial charge in [0.25, 0.3) is 0 Å². The fourth-order valence-electron chi connectivity index (χ4n) is 1.24. The summed E-state index contributed by atoms with van der Waals surface area (Å²) in [6, 6.07) is 0. The number of aromatic amines is 1. The molecule has 0 fully saturated rings. The highest BCUT2D eigenvalue weighted by Crippen LogP contribution is 2.21. The molecule has 18 heavy (non-hydrogen) atoms. The molecule has 2 rings (SSSR count). The third kappa shape index (κ3) is 3.57. The van der Waals surface area contributed by atoms with Gasteiger partial charge in [0.05, 0.1) is 12.9 Å². The van der Waals surface area contributed by atoms with E-state index >= 15 is 0 Å². The molecule has 1 N–H and O–H groups in total. The van der Waals surface area contributed by atoms with Crippen molar-refractivity contribution in [1.29, 1.82) is 0 Å². The number of alkyl halides is 3. The number of aromatic nitrogens is 4. The van der Waals surface area contributed by atoms with E-state index < -0.39 is 12.8 Å². The molecule has 5 nitrogen and oxygen atoms in total. The van der Waals surface area contributed by atoms with Crippen LogP contribution < -0.4 is 0 Å². The van der Waals surface area contributed by atoms with Crippen LogP contribution in [0, 0.1) is 0 Å². The van der Waals surface area contributed by atoms with Crippen LogP contribution in [-0.4, -0.2) is 45.1 Å². The molecule has 0 amide bonds. The second-order valence-electron chi connectivity index (χ2n) is 3.30. The molecule has 9 heteroatoms. The first-order valence-corrected chi connectivity index (χ1v) is 5.96. The summed E-state index contributed by atoms with van der Waals surface area (Å²) in [6.07, 6.45) is -1.43. The Morgan fingerprint density at radius 1 is 1.28 bits per heavy atom. The van der Waals surface area contributed by atoms with Crippen LogP contribution in [0.4, 0.5) is 13.2 Å². The molecule has 2 aromatic rings. The third-order valence-corrected chi connectivity index (χ3v) is 2.87. The highest BCUT2D eigenvalue weighted by Gasteiger charge is 2.27. The van der Waals surface area contributed by atoms with E-state index in [2.05, 4.69) is 24.7 Å². The molecule has 98 valence electrons. The summed E-state index contributed by atoms with van der Waals surface area (Å²) in [5.74, 6) is 0.376. The molecule has 0 aliphatic carbocycles. The molecule has 0 atom stereocenters. The van der Waals surface area contributed by atoms with Gasteiger partial charge in [0.2, 0.25) is 0 Å². The van der Waals surface area contributed by atoms with Crippen molar-refractivity contribution in [2.45, 2.75) is 11.2 Å². The topological polar surface area (TPSA) is 63.7 Å². The molecule has 0 spiro atoms. The van der Waals surface area contributed by atoms with Crippen LogP contribution in [0.1, 0.15) is 0 Å². The van der Waals surface area contributed by atoms with E-state index in [9.17, 15) is 13.2 Å². The first-order chi connectivity index (χ1) is 8.56. The number of hydrogen-bond acceptors (Lipinski definition) is 5. The van der Waals surface area contributed by atoms with Crippen LogP contribution >= 0.6 is 11.8 Å². The third-order valence-electron chi connectivity index (χ3n) is 1.92. The molecule has 0 aliphatic heterocycles. The summed E-state index contributed by atoms with van der Waals surface area (Å²) in [5.41, 5.74) is 1.21. The van der Waals surface area contributed by atoms with E-state index in [-0.39, 0.29) is 6.61 Å². The predicted molar refractivity (Wildman–Crippen MR) is 59.3 cm³/mol. The number of halogens is 3. The molecule has 0 aromatic carbocycles. The molecule has 0 saturated carbocycles. The van der Waals surface area contributed by atoms with Gasteiger partial charge in [-0.15, -0.1) is 11.8 Å². The highest BCUT2D eigenvalue weighted by atomic mass is 32.2. The summed E-state index contributed by atoms with van der Waals surface area (Å²) in [4.78, 5) is 14.8. The second kappa shape index (κ2) is 5.53. The number of nitrogens with one attached hydrogen (secondary N) is 1. The van der Waals surface area contributed by atoms with Gasteiger partial charge in [0, 0.05) is 5.75 Å². The number of rotatable bonds is 5. The van der Waals surface area contributed by atoms with Crippen molar-refractivity contribution in [2.24, 2.45) is 0 Å². The van der Waals surface area contributed by atoms with E-state index in [0.717, 1.165) is 0 Å². The minimum Gasteiger partial charge on any atom is -0.371 e. The summed E-state index contributed by atoms with van der Waals surface area (Å²) in [5, 5.41) is 0.646. The smallest absolute Gasteiger partial charge is 0.371 e. The lowest BCUT2D eigenvalue weighted by molar-refractivity contribution is -0.172. The normalized spacial score (nSPS) is 12.2. The fraction of sp³-hybridized carbons (Fsp3) is 0.444. The number of thioether (sulfide) groups is 1. The number of nitrogens with zero attached hydrogens (tertiary/aromatic N) is 3. The Morgan fingerprint density at radius 3 is 2.89 bits per heavy atom. The average Bonchev–Trinajstić information content (AvgIpc) is 2.75. The Bertz CT molecular complexity index is 516. The van der Waals surface area contributed by atoms with E-state index in [1.807, 2.05) is 0 Å². The van der Waals surface area contributed by atoms with Crippen LogP contribution in [0.25, 0.3) is 11.2 Å². The molecule has 2 aromatic heterocycles. The number of ether oxygens (including phenoxy) is 1. The summed E-state index contributed by atoms with van der Waals surface area (Å²) in [6.45, 7) is -1.22. The van der Waals surface area contributed by atoms with Crippen LogP contribution in [0.5, 0.6) is 0 Å². The van der Waals surface area contributed by atoms with Gasteiger partial charge in [-0.2, -0.15) is 13.2 Å². The largest absolute Gasteiger partial charge is 0.411 e. The van der Waals surface area contributed by atoms with E-state index in [4.69, 9.17) is 0 Å². The predicted octanol–water partition coefficient (Wildman–Crippen LogP) is 2.02. The zero-order valence-electron chi connectivity index (χ0n) is 9.07. The summed E-state index contributed by atoms with van der Waals surface area (Å²) < 4.78 is 39.9. The van der Waals surface area contributed by atoms with E-state index in [1.54, 1.807) is 0 Å². The zero-order chi connectivity index (χ0) is 13.0. The first kappa shape index (κ1) is 13.1. The Kier molecular flexibility index (Phi) is 4.02. The molecule has 0 radical (unpaired) electrons. The van der Waals surface area contributed by atoms with Gasteiger partial charge in [-0.1, -0.05) is 0 Å². The van der Waals surface area contributed by atoms with Crippen molar-refractivity contribution in [3.05, 3.63) is 12.7 Å². The Hall–Kier alpha value is -1.35. The lowest BCUT2D eigenvalue weighted by Crippen LogP contribution is -2.17. The van der Waals surface area contributed by atoms with Gasteiger partial charge < -0.3 is 9.72 Å². The number of hydrogen-bond donors (Lipinski definition) is 1. The van der Waals surface area contributed by atoms with Crippen molar-refractivity contribution in [3.8, 4) is 0 Å². The second-order valence-corrected chi connectivity index (χ2v) is 4.38. The van der Waals surface area contributed by atoms with Gasteiger partial charge in [0.1, 0.15) is 23.5 Å². The summed E-state index contributed by atoms with van der Waals surface area (Å²) >= 11 is 1.29. The summed E-state index contributed by atoms with van der Waals surface area (Å²) in [7, 11) is 0. The maximum Gasteiger partial charge on any atom is 0.411 e. The van der Waals surface area contributed by atoms with Crippen LogP contribution in [0.2, 0.25) is 0 Å². The zero-order valence-corrected chi connectivity index (χ0v) is 9.88. The molecule has 0 bridgehead atoms. The molecule has 0 saturated heterocycles. The monoisotopic (exact) mass is 278 g/mol. The Balaban J connectivity index is 1.82. The number of imidazole rings is 1. The standard InChI is InChI=1S/C9H9F3N4OS/c10-9(11,12)3-17-1-2-18-8-6-7(14-4-13-6)15-5-16-8/h4-5H,1-3H2,(H,13,14,15,16). The van der Waals surface area contributed by atoms with Gasteiger partial charge in [-0.3, -0.25) is 0 Å². The van der Waals surface area contributed by atoms with E-state index in [0.29, 0.717) is 21.9 Å². The van der Waals surface area contributed by atoms with Gasteiger partial charge in [-0.25, -0.2) is 15.0 Å². The van der Waals surface area contributed by atoms with Gasteiger partial charge >= 0.3 is 6.18 Å². The minimum atomic E-state index is -4.28. The quantitative estimate of drug-likeness (QED) is 0.515. The average molecular weight is 278 g/mol. The van der Waals surface area contributed by atoms with Gasteiger partial charge in [-0.05, 0) is 0 Å². The maximum atomic E-state index is 11.8. The lowest BCUT2D eigenvalue weighted by atomic mass is 10.6. The maximum absolute atomic E-state index is 11.8. The van der Waals surface area contributed by atoms with Crippen molar-refractivity contribution in [1.82, 2.24) is 19.9 Å². The molecule has 0 aliphatic rings. The van der Waals surface area contributed by atoms with Crippen LogP contribution in [0.3, 0.4) is 0 Å². The van der Waals surface area contributed by atoms with Crippen LogP contribution in [0.15, 0.2) is 17.7 Å². The van der Waals surface area contributed by atoms with E-state index in [1.165, 1.54) is 24.4 Å². The SMILES string of the molecule is FC(F)(F)COCCSc1ncnc2nc[nH]c12. The van der Waals surface area contributed by atoms with Crippen molar-refractivity contribution in [2.75, 3.05) is 19.0 Å². The first-order valence-electron chi connectivity index (χ1n) is 4.97. The number of fused-ring (bicyclic) bond motifs is 1. The Morgan fingerprint density at radius 2 is 2.11 bits per heavy atom. The van der Waals surface area contributed by atoms with Crippen molar-refractivity contribution >= 4 is 22.9 Å². The van der Waals surface area contributed by atoms with Crippen molar-refractivity contribution < 1.29 is 17.9 Å². The minimum absolute atomic E-state index is 0.00378. The highest BCUT2D eigenvalue weighted by molar-refractivity contribution is 7.99. The Labute approximate surface area is 104 Å². The molecule has 2 heterocycles. The van der Waals surface area contributed by atoms with Crippen LogP contribution in [-0.2, 0) is 4.74 Å². The molecular weight excluding hydrogens is 269 g/mol. The van der Waals surface area contributed by atoms with Crippen molar-refractivity contribution in [3.63, 3.8) is 0 Å².